The molecular weight excluding hydrogens is 208 g/mol. The zero-order valence-corrected chi connectivity index (χ0v) is 11.9. The third-order valence-corrected chi connectivity index (χ3v) is 2.90. The maximum atomic E-state index is 5.26. The molecule has 17 heavy (non-hydrogen) atoms. The molecule has 0 aliphatic rings. The Bertz CT molecular complexity index is 187. The molecule has 0 N–H and O–H groups in total. The lowest BCUT2D eigenvalue weighted by atomic mass is 10.1. The van der Waals surface area contributed by atoms with Gasteiger partial charge in [0.15, 0.2) is 0 Å². The fourth-order valence-electron chi connectivity index (χ4n) is 1.75. The highest BCUT2D eigenvalue weighted by atomic mass is 16.5. The summed E-state index contributed by atoms with van der Waals surface area (Å²) in [5, 5.41) is 0. The van der Waals surface area contributed by atoms with E-state index in [2.05, 4.69) is 25.9 Å². The van der Waals surface area contributed by atoms with Crippen LogP contribution in [0.2, 0.25) is 0 Å². The largest absolute Gasteiger partial charge is 0.447 e. The Morgan fingerprint density at radius 2 is 1.29 bits per heavy atom. The van der Waals surface area contributed by atoms with Crippen LogP contribution >= 0.6 is 0 Å². The van der Waals surface area contributed by atoms with Gasteiger partial charge in [0.1, 0.15) is 12.7 Å². The summed E-state index contributed by atoms with van der Waals surface area (Å²) < 4.78 is 5.26. The zero-order chi connectivity index (χ0) is 12.6. The van der Waals surface area contributed by atoms with Crippen molar-refractivity contribution in [3.63, 3.8) is 0 Å². The quantitative estimate of drug-likeness (QED) is 0.351. The second kappa shape index (κ2) is 15.4. The first-order chi connectivity index (χ1) is 8.41. The minimum atomic E-state index is 0.809. The van der Waals surface area contributed by atoms with Crippen molar-refractivity contribution in [2.75, 3.05) is 6.61 Å². The van der Waals surface area contributed by atoms with Crippen LogP contribution in [0.25, 0.3) is 0 Å². The van der Waals surface area contributed by atoms with E-state index in [0.717, 1.165) is 19.4 Å². The fraction of sp³-hybridized carbons (Fsp3) is 0.875. The molecule has 0 heterocycles. The van der Waals surface area contributed by atoms with Crippen molar-refractivity contribution in [1.29, 1.82) is 0 Å². The van der Waals surface area contributed by atoms with Crippen molar-refractivity contribution >= 4 is 0 Å². The Labute approximate surface area is 108 Å². The maximum absolute atomic E-state index is 5.26. The number of unbranched alkanes of at least 4 members (excludes halogenated alkanes) is 9. The molecule has 0 atom stereocenters. The van der Waals surface area contributed by atoms with Gasteiger partial charge in [0.25, 0.3) is 0 Å². The molecule has 0 unspecified atom stereocenters. The van der Waals surface area contributed by atoms with Crippen LogP contribution in [0.15, 0.2) is 0 Å². The average molecular weight is 238 g/mol. The molecule has 0 aliphatic heterocycles. The van der Waals surface area contributed by atoms with Crippen LogP contribution in [0.4, 0.5) is 0 Å². The van der Waals surface area contributed by atoms with E-state index in [1.807, 2.05) is 0 Å². The third kappa shape index (κ3) is 15.4. The summed E-state index contributed by atoms with van der Waals surface area (Å²) in [6.07, 6.45) is 16.9. The summed E-state index contributed by atoms with van der Waals surface area (Å²) >= 11 is 0. The maximum Gasteiger partial charge on any atom is 0.110 e. The number of hydrogen-bond acceptors (Lipinski definition) is 1. The summed E-state index contributed by atoms with van der Waals surface area (Å²) in [5.41, 5.74) is 0. The van der Waals surface area contributed by atoms with Crippen molar-refractivity contribution in [2.45, 2.75) is 84.5 Å². The Morgan fingerprint density at radius 3 is 2.00 bits per heavy atom. The average Bonchev–Trinajstić information content (AvgIpc) is 2.35. The van der Waals surface area contributed by atoms with E-state index in [1.165, 1.54) is 57.8 Å². The Kier molecular flexibility index (Phi) is 14.8. The molecule has 0 rings (SSSR count). The third-order valence-electron chi connectivity index (χ3n) is 2.90. The van der Waals surface area contributed by atoms with Crippen molar-refractivity contribution in [3.05, 3.63) is 0 Å². The Hall–Kier alpha value is -0.640. The second-order valence-corrected chi connectivity index (χ2v) is 4.71. The van der Waals surface area contributed by atoms with Crippen LogP contribution in [0.5, 0.6) is 0 Å². The fourth-order valence-corrected chi connectivity index (χ4v) is 1.75. The van der Waals surface area contributed by atoms with Gasteiger partial charge in [-0.25, -0.2) is 0 Å². The first-order valence-corrected chi connectivity index (χ1v) is 7.51. The van der Waals surface area contributed by atoms with Crippen molar-refractivity contribution in [2.24, 2.45) is 0 Å². The van der Waals surface area contributed by atoms with E-state index in [9.17, 15) is 0 Å². The van der Waals surface area contributed by atoms with E-state index in [4.69, 9.17) is 4.74 Å². The monoisotopic (exact) mass is 238 g/mol. The zero-order valence-electron chi connectivity index (χ0n) is 11.9. The number of rotatable bonds is 11. The molecular formula is C16H30O. The predicted molar refractivity (Wildman–Crippen MR) is 75.9 cm³/mol. The van der Waals surface area contributed by atoms with Crippen LogP contribution < -0.4 is 0 Å². The first kappa shape index (κ1) is 16.4. The molecule has 0 saturated carbocycles. The molecule has 0 aromatic carbocycles. The van der Waals surface area contributed by atoms with Crippen LogP contribution in [0.3, 0.4) is 0 Å². The van der Waals surface area contributed by atoms with Crippen LogP contribution in [0, 0.1) is 12.0 Å². The summed E-state index contributed by atoms with van der Waals surface area (Å²) in [7, 11) is 0. The van der Waals surface area contributed by atoms with Crippen LogP contribution in [-0.4, -0.2) is 6.61 Å². The Morgan fingerprint density at radius 1 is 0.706 bits per heavy atom. The number of ether oxygens (including phenoxy) is 1. The van der Waals surface area contributed by atoms with Gasteiger partial charge in [-0.3, -0.25) is 0 Å². The summed E-state index contributed by atoms with van der Waals surface area (Å²) in [6.45, 7) is 5.29. The highest BCUT2D eigenvalue weighted by Gasteiger charge is 1.88. The smallest absolute Gasteiger partial charge is 0.110 e. The highest BCUT2D eigenvalue weighted by molar-refractivity contribution is 4.90. The van der Waals surface area contributed by atoms with Crippen molar-refractivity contribution in [3.8, 4) is 12.0 Å². The molecule has 0 amide bonds. The van der Waals surface area contributed by atoms with E-state index >= 15 is 0 Å². The molecule has 1 nitrogen and oxygen atoms in total. The van der Waals surface area contributed by atoms with Gasteiger partial charge in [-0.05, 0) is 12.8 Å². The lowest BCUT2D eigenvalue weighted by Crippen LogP contribution is -1.87. The van der Waals surface area contributed by atoms with Gasteiger partial charge < -0.3 is 4.74 Å². The van der Waals surface area contributed by atoms with Gasteiger partial charge in [0, 0.05) is 6.42 Å². The van der Waals surface area contributed by atoms with Gasteiger partial charge in [0.2, 0.25) is 0 Å². The Balaban J connectivity index is 3.04. The topological polar surface area (TPSA) is 9.23 Å². The molecule has 0 bridgehead atoms. The molecule has 0 fully saturated rings. The molecule has 0 spiro atoms. The minimum Gasteiger partial charge on any atom is -0.447 e. The lowest BCUT2D eigenvalue weighted by molar-refractivity contribution is 0.267. The van der Waals surface area contributed by atoms with Gasteiger partial charge in [0.05, 0.1) is 0 Å². The van der Waals surface area contributed by atoms with Crippen LogP contribution in [0.1, 0.15) is 84.5 Å². The highest BCUT2D eigenvalue weighted by Crippen LogP contribution is 2.06. The molecule has 0 aromatic rings. The van der Waals surface area contributed by atoms with Gasteiger partial charge in [-0.2, -0.15) is 0 Å². The van der Waals surface area contributed by atoms with E-state index in [0.29, 0.717) is 0 Å². The standard InChI is InChI=1S/C16H30O/c1-3-5-7-9-10-11-12-14-16-17-15-13-8-6-4-2/h3-13,15H2,1-2H3. The van der Waals surface area contributed by atoms with Gasteiger partial charge in [-0.15, -0.1) is 0 Å². The minimum absolute atomic E-state index is 0.809. The molecule has 0 aromatic heterocycles. The van der Waals surface area contributed by atoms with Gasteiger partial charge in [-0.1, -0.05) is 71.1 Å². The first-order valence-electron chi connectivity index (χ1n) is 7.51. The molecule has 0 radical (unpaired) electrons. The summed E-state index contributed by atoms with van der Waals surface area (Å²) in [5.74, 6) is 3.09. The predicted octanol–water partition coefficient (Wildman–Crippen LogP) is 5.29. The molecule has 100 valence electrons. The second-order valence-electron chi connectivity index (χ2n) is 4.71. The van der Waals surface area contributed by atoms with E-state index in [-0.39, 0.29) is 0 Å². The van der Waals surface area contributed by atoms with E-state index in [1.54, 1.807) is 0 Å². The molecule has 1 heteroatoms. The number of hydrogen-bond donors (Lipinski definition) is 0. The van der Waals surface area contributed by atoms with E-state index < -0.39 is 0 Å². The van der Waals surface area contributed by atoms with Gasteiger partial charge >= 0.3 is 0 Å². The summed E-state index contributed by atoms with van der Waals surface area (Å²) in [6, 6.07) is 0. The molecule has 0 saturated heterocycles. The summed E-state index contributed by atoms with van der Waals surface area (Å²) in [4.78, 5) is 0. The van der Waals surface area contributed by atoms with Crippen molar-refractivity contribution in [1.82, 2.24) is 0 Å². The lowest BCUT2D eigenvalue weighted by Gasteiger charge is -1.97. The van der Waals surface area contributed by atoms with Crippen molar-refractivity contribution < 1.29 is 4.74 Å². The SMILES string of the molecule is CCCCCCCCC#COCCCCCC. The normalized spacial score (nSPS) is 9.76. The van der Waals surface area contributed by atoms with Crippen LogP contribution in [-0.2, 0) is 4.74 Å². The molecule has 0 aliphatic carbocycles.